The van der Waals surface area contributed by atoms with Gasteiger partial charge < -0.3 is 15.2 Å². The summed E-state index contributed by atoms with van der Waals surface area (Å²) in [6.07, 6.45) is -1.35. The topological polar surface area (TPSA) is 71.5 Å². The zero-order valence-corrected chi connectivity index (χ0v) is 11.8. The number of halogens is 3. The fourth-order valence-electron chi connectivity index (χ4n) is 2.50. The Labute approximate surface area is 125 Å². The molecule has 2 rings (SSSR count). The van der Waals surface area contributed by atoms with Gasteiger partial charge in [0.1, 0.15) is 11.4 Å². The number of hydrogen-bond acceptors (Lipinski definition) is 3. The molecule has 1 aliphatic rings. The standard InChI is InChI=1S/C14H17F3N2O3/c15-14(16,17)12-6-5-11(8-18-12)22-10-3-1-9(2-4-10)7-19-13(20)21/h5-6,8-10,19H,1-4,7H2,(H,20,21). The van der Waals surface area contributed by atoms with Gasteiger partial charge in [-0.2, -0.15) is 13.2 Å². The van der Waals surface area contributed by atoms with E-state index in [0.29, 0.717) is 12.3 Å². The van der Waals surface area contributed by atoms with E-state index in [1.807, 2.05) is 0 Å². The molecule has 0 spiro atoms. The van der Waals surface area contributed by atoms with Crippen LogP contribution in [-0.4, -0.2) is 28.8 Å². The molecule has 1 aromatic rings. The van der Waals surface area contributed by atoms with Gasteiger partial charge in [0.15, 0.2) is 0 Å². The van der Waals surface area contributed by atoms with E-state index in [1.165, 1.54) is 6.07 Å². The summed E-state index contributed by atoms with van der Waals surface area (Å²) in [7, 11) is 0. The summed E-state index contributed by atoms with van der Waals surface area (Å²) >= 11 is 0. The Hall–Kier alpha value is -1.99. The molecule has 2 N–H and O–H groups in total. The lowest BCUT2D eigenvalue weighted by Gasteiger charge is -2.28. The van der Waals surface area contributed by atoms with Crippen LogP contribution >= 0.6 is 0 Å². The Kier molecular flexibility index (Phi) is 5.10. The first-order chi connectivity index (χ1) is 10.3. The lowest BCUT2D eigenvalue weighted by Crippen LogP contribution is -2.32. The number of amides is 1. The Bertz CT molecular complexity index is 497. The first-order valence-electron chi connectivity index (χ1n) is 7.01. The van der Waals surface area contributed by atoms with Gasteiger partial charge in [-0.15, -0.1) is 0 Å². The number of pyridine rings is 1. The third-order valence-corrected chi connectivity index (χ3v) is 3.67. The molecule has 1 aliphatic carbocycles. The highest BCUT2D eigenvalue weighted by Gasteiger charge is 2.32. The minimum absolute atomic E-state index is 0.0698. The molecule has 0 bridgehead atoms. The Morgan fingerprint density at radius 1 is 1.32 bits per heavy atom. The first-order valence-corrected chi connectivity index (χ1v) is 7.01. The maximum absolute atomic E-state index is 12.4. The molecule has 0 atom stereocenters. The molecule has 1 heterocycles. The van der Waals surface area contributed by atoms with Gasteiger partial charge >= 0.3 is 12.3 Å². The zero-order valence-electron chi connectivity index (χ0n) is 11.8. The summed E-state index contributed by atoms with van der Waals surface area (Å²) < 4.78 is 42.8. The SMILES string of the molecule is O=C(O)NCC1CCC(Oc2ccc(C(F)(F)F)nc2)CC1. The third-order valence-electron chi connectivity index (χ3n) is 3.67. The quantitative estimate of drug-likeness (QED) is 0.893. The minimum atomic E-state index is -4.45. The smallest absolute Gasteiger partial charge is 0.433 e. The zero-order chi connectivity index (χ0) is 16.2. The summed E-state index contributed by atoms with van der Waals surface area (Å²) in [5.41, 5.74) is -0.941. The van der Waals surface area contributed by atoms with Crippen molar-refractivity contribution in [3.63, 3.8) is 0 Å². The van der Waals surface area contributed by atoms with E-state index < -0.39 is 18.0 Å². The number of aromatic nitrogens is 1. The third kappa shape index (κ3) is 4.78. The average molecular weight is 318 g/mol. The molecule has 0 saturated heterocycles. The molecule has 0 aliphatic heterocycles. The molecule has 8 heteroatoms. The van der Waals surface area contributed by atoms with Gasteiger partial charge in [-0.25, -0.2) is 9.78 Å². The maximum atomic E-state index is 12.4. The van der Waals surface area contributed by atoms with Crippen molar-refractivity contribution in [1.29, 1.82) is 0 Å². The molecule has 22 heavy (non-hydrogen) atoms. The molecule has 1 aromatic heterocycles. The van der Waals surface area contributed by atoms with Crippen molar-refractivity contribution in [3.8, 4) is 5.75 Å². The van der Waals surface area contributed by atoms with Crippen molar-refractivity contribution in [2.24, 2.45) is 5.92 Å². The van der Waals surface area contributed by atoms with Crippen LogP contribution in [0.2, 0.25) is 0 Å². The van der Waals surface area contributed by atoms with Crippen LogP contribution in [0.15, 0.2) is 18.3 Å². The predicted molar refractivity (Wildman–Crippen MR) is 71.6 cm³/mol. The Morgan fingerprint density at radius 2 is 2.00 bits per heavy atom. The molecule has 0 radical (unpaired) electrons. The van der Waals surface area contributed by atoms with Gasteiger partial charge in [0.2, 0.25) is 0 Å². The number of ether oxygens (including phenoxy) is 1. The number of hydrogen-bond donors (Lipinski definition) is 2. The van der Waals surface area contributed by atoms with Crippen LogP contribution < -0.4 is 10.1 Å². The number of alkyl halides is 3. The average Bonchev–Trinajstić information content (AvgIpc) is 2.46. The van der Waals surface area contributed by atoms with Crippen molar-refractivity contribution >= 4 is 6.09 Å². The van der Waals surface area contributed by atoms with Gasteiger partial charge in [0.25, 0.3) is 0 Å². The summed E-state index contributed by atoms with van der Waals surface area (Å²) in [5, 5.41) is 10.9. The van der Waals surface area contributed by atoms with Crippen molar-refractivity contribution in [2.75, 3.05) is 6.54 Å². The molecular formula is C14H17F3N2O3. The van der Waals surface area contributed by atoms with Gasteiger partial charge in [0, 0.05) is 6.54 Å². The Balaban J connectivity index is 1.80. The highest BCUT2D eigenvalue weighted by Crippen LogP contribution is 2.30. The van der Waals surface area contributed by atoms with Crippen LogP contribution in [0, 0.1) is 5.92 Å². The van der Waals surface area contributed by atoms with E-state index in [4.69, 9.17) is 9.84 Å². The van der Waals surface area contributed by atoms with Crippen LogP contribution in [0.4, 0.5) is 18.0 Å². The highest BCUT2D eigenvalue weighted by atomic mass is 19.4. The fraction of sp³-hybridized carbons (Fsp3) is 0.571. The second-order valence-electron chi connectivity index (χ2n) is 5.32. The Morgan fingerprint density at radius 3 is 2.50 bits per heavy atom. The second-order valence-corrected chi connectivity index (χ2v) is 5.32. The summed E-state index contributed by atoms with van der Waals surface area (Å²) in [4.78, 5) is 13.8. The number of carbonyl (C=O) groups is 1. The maximum Gasteiger partial charge on any atom is 0.433 e. The molecule has 1 amide bonds. The van der Waals surface area contributed by atoms with Gasteiger partial charge in [-0.3, -0.25) is 0 Å². The molecular weight excluding hydrogens is 301 g/mol. The second kappa shape index (κ2) is 6.85. The van der Waals surface area contributed by atoms with Crippen LogP contribution in [0.5, 0.6) is 5.75 Å². The van der Waals surface area contributed by atoms with Gasteiger partial charge in [-0.1, -0.05) is 0 Å². The van der Waals surface area contributed by atoms with Crippen LogP contribution in [0.1, 0.15) is 31.4 Å². The largest absolute Gasteiger partial charge is 0.489 e. The van der Waals surface area contributed by atoms with Gasteiger partial charge in [0.05, 0.1) is 12.3 Å². The van der Waals surface area contributed by atoms with Crippen LogP contribution in [-0.2, 0) is 6.18 Å². The summed E-state index contributed by atoms with van der Waals surface area (Å²) in [6.45, 7) is 0.421. The van der Waals surface area contributed by atoms with E-state index >= 15 is 0 Å². The number of carboxylic acid groups (broad SMARTS) is 1. The van der Waals surface area contributed by atoms with Crippen LogP contribution in [0.3, 0.4) is 0 Å². The number of rotatable bonds is 4. The van der Waals surface area contributed by atoms with Gasteiger partial charge in [-0.05, 0) is 43.7 Å². The normalized spacial score (nSPS) is 22.1. The molecule has 5 nitrogen and oxygen atoms in total. The van der Waals surface area contributed by atoms with Crippen molar-refractivity contribution < 1.29 is 27.8 Å². The first kappa shape index (κ1) is 16.4. The minimum Gasteiger partial charge on any atom is -0.489 e. The van der Waals surface area contributed by atoms with E-state index in [0.717, 1.165) is 37.9 Å². The van der Waals surface area contributed by atoms with E-state index in [1.54, 1.807) is 0 Å². The lowest BCUT2D eigenvalue weighted by molar-refractivity contribution is -0.141. The van der Waals surface area contributed by atoms with E-state index in [-0.39, 0.29) is 12.0 Å². The number of nitrogens with one attached hydrogen (secondary N) is 1. The predicted octanol–water partition coefficient (Wildman–Crippen LogP) is 3.31. The summed E-state index contributed by atoms with van der Waals surface area (Å²) in [6, 6.07) is 2.17. The van der Waals surface area contributed by atoms with Crippen LogP contribution in [0.25, 0.3) is 0 Å². The van der Waals surface area contributed by atoms with E-state index in [2.05, 4.69) is 10.3 Å². The molecule has 1 saturated carbocycles. The molecule has 122 valence electrons. The lowest BCUT2D eigenvalue weighted by atomic mass is 9.87. The monoisotopic (exact) mass is 318 g/mol. The molecule has 0 aromatic carbocycles. The molecule has 0 unspecified atom stereocenters. The highest BCUT2D eigenvalue weighted by molar-refractivity contribution is 5.64. The van der Waals surface area contributed by atoms with Crippen molar-refractivity contribution in [1.82, 2.24) is 10.3 Å². The van der Waals surface area contributed by atoms with Crippen molar-refractivity contribution in [3.05, 3.63) is 24.0 Å². The van der Waals surface area contributed by atoms with Crippen molar-refractivity contribution in [2.45, 2.75) is 38.0 Å². The summed E-state index contributed by atoms with van der Waals surface area (Å²) in [5.74, 6) is 0.599. The molecule has 1 fully saturated rings. The number of nitrogens with zero attached hydrogens (tertiary/aromatic N) is 1. The van der Waals surface area contributed by atoms with E-state index in [9.17, 15) is 18.0 Å². The fourth-order valence-corrected chi connectivity index (χ4v) is 2.50.